The Morgan fingerprint density at radius 1 is 1.06 bits per heavy atom. The summed E-state index contributed by atoms with van der Waals surface area (Å²) >= 11 is 0. The summed E-state index contributed by atoms with van der Waals surface area (Å²) in [6.45, 7) is 5.57. The average Bonchev–Trinajstić information content (AvgIpc) is 3.16. The number of carboxylic acids is 1. The quantitative estimate of drug-likeness (QED) is 0.473. The lowest BCUT2D eigenvalue weighted by Crippen LogP contribution is -2.26. The van der Waals surface area contributed by atoms with E-state index in [4.69, 9.17) is 9.84 Å². The number of hydrogen-bond acceptors (Lipinski definition) is 5. The minimum absolute atomic E-state index is 0.0912. The van der Waals surface area contributed by atoms with E-state index in [1.807, 2.05) is 50.2 Å². The Morgan fingerprint density at radius 3 is 2.47 bits per heavy atom. The molecule has 0 aliphatic carbocycles. The highest BCUT2D eigenvalue weighted by Crippen LogP contribution is 2.34. The van der Waals surface area contributed by atoms with Gasteiger partial charge in [-0.1, -0.05) is 37.3 Å². The molecular formula is C24H24N4O4. The summed E-state index contributed by atoms with van der Waals surface area (Å²) in [5.74, 6) is -0.612. The maximum Gasteiger partial charge on any atom is 0.344 e. The van der Waals surface area contributed by atoms with Gasteiger partial charge in [0, 0.05) is 11.6 Å². The van der Waals surface area contributed by atoms with Crippen LogP contribution in [0.25, 0.3) is 28.0 Å². The number of aliphatic carboxylic acids is 1. The molecule has 164 valence electrons. The molecule has 0 saturated carbocycles. The molecule has 32 heavy (non-hydrogen) atoms. The zero-order valence-corrected chi connectivity index (χ0v) is 18.1. The van der Waals surface area contributed by atoms with Crippen LogP contribution in [-0.2, 0) is 4.79 Å². The molecule has 0 fully saturated rings. The molecule has 3 heterocycles. The Balaban J connectivity index is 1.91. The van der Waals surface area contributed by atoms with Crippen molar-refractivity contribution < 1.29 is 14.6 Å². The van der Waals surface area contributed by atoms with Crippen LogP contribution in [0.4, 0.5) is 0 Å². The van der Waals surface area contributed by atoms with Gasteiger partial charge < -0.3 is 9.84 Å². The number of aromatic nitrogens is 4. The fourth-order valence-electron chi connectivity index (χ4n) is 3.55. The molecule has 1 unspecified atom stereocenters. The van der Waals surface area contributed by atoms with Crippen LogP contribution in [0.15, 0.2) is 65.6 Å². The minimum Gasteiger partial charge on any atom is -0.479 e. The fraction of sp³-hybridized carbons (Fsp3) is 0.250. The minimum atomic E-state index is -1.01. The van der Waals surface area contributed by atoms with Crippen LogP contribution < -0.4 is 10.3 Å². The van der Waals surface area contributed by atoms with Crippen molar-refractivity contribution in [3.63, 3.8) is 0 Å². The Kier molecular flexibility index (Phi) is 5.77. The topological polar surface area (TPSA) is 98.7 Å². The van der Waals surface area contributed by atoms with E-state index in [-0.39, 0.29) is 11.6 Å². The first-order valence-electron chi connectivity index (χ1n) is 10.5. The van der Waals surface area contributed by atoms with Crippen LogP contribution in [0.5, 0.6) is 5.75 Å². The largest absolute Gasteiger partial charge is 0.479 e. The maximum absolute atomic E-state index is 12.2. The second-order valence-electron chi connectivity index (χ2n) is 7.73. The number of rotatable bonds is 7. The number of ether oxygens (including phenoxy) is 1. The predicted molar refractivity (Wildman–Crippen MR) is 121 cm³/mol. The van der Waals surface area contributed by atoms with Crippen molar-refractivity contribution in [1.29, 1.82) is 0 Å². The van der Waals surface area contributed by atoms with Gasteiger partial charge in [0.25, 0.3) is 5.56 Å². The van der Waals surface area contributed by atoms with Gasteiger partial charge in [0.05, 0.1) is 29.0 Å². The van der Waals surface area contributed by atoms with Gasteiger partial charge in [-0.05, 0) is 38.5 Å². The lowest BCUT2D eigenvalue weighted by Gasteiger charge is -2.13. The van der Waals surface area contributed by atoms with E-state index >= 15 is 0 Å². The Morgan fingerprint density at radius 2 is 1.81 bits per heavy atom. The van der Waals surface area contributed by atoms with Crippen LogP contribution in [0.1, 0.15) is 33.2 Å². The lowest BCUT2D eigenvalue weighted by molar-refractivity contribution is -0.145. The summed E-state index contributed by atoms with van der Waals surface area (Å²) in [6, 6.07) is 16.4. The molecule has 4 rings (SSSR count). The highest BCUT2D eigenvalue weighted by atomic mass is 16.5. The zero-order chi connectivity index (χ0) is 22.8. The number of nitrogens with zero attached hydrogens (tertiary/aromatic N) is 4. The molecular weight excluding hydrogens is 408 g/mol. The summed E-state index contributed by atoms with van der Waals surface area (Å²) in [5, 5.41) is 18.7. The van der Waals surface area contributed by atoms with E-state index in [1.165, 1.54) is 10.7 Å². The van der Waals surface area contributed by atoms with Crippen molar-refractivity contribution in [3.8, 4) is 28.3 Å². The molecule has 0 aliphatic rings. The second kappa shape index (κ2) is 8.66. The molecule has 0 amide bonds. The van der Waals surface area contributed by atoms with Gasteiger partial charge in [0.15, 0.2) is 6.10 Å². The van der Waals surface area contributed by atoms with Gasteiger partial charge >= 0.3 is 5.97 Å². The number of carbonyl (C=O) groups is 1. The molecule has 1 N–H and O–H groups in total. The van der Waals surface area contributed by atoms with Crippen molar-refractivity contribution in [2.24, 2.45) is 0 Å². The van der Waals surface area contributed by atoms with E-state index in [2.05, 4.69) is 5.10 Å². The summed E-state index contributed by atoms with van der Waals surface area (Å²) in [4.78, 5) is 23.6. The van der Waals surface area contributed by atoms with Crippen LogP contribution in [-0.4, -0.2) is 36.6 Å². The molecule has 1 atom stereocenters. The van der Waals surface area contributed by atoms with E-state index in [9.17, 15) is 14.7 Å². The maximum atomic E-state index is 12.2. The number of pyridine rings is 1. The Hall–Kier alpha value is -3.94. The monoisotopic (exact) mass is 432 g/mol. The van der Waals surface area contributed by atoms with Crippen molar-refractivity contribution in [1.82, 2.24) is 19.4 Å². The SMILES string of the molecule is CCC(Oc1ccc2c(-c3ccc(=O)n(C(C)C)n3)c(-c3ccccc3)nn2c1)C(=O)O. The van der Waals surface area contributed by atoms with Crippen LogP contribution in [0.3, 0.4) is 0 Å². The second-order valence-corrected chi connectivity index (χ2v) is 7.73. The van der Waals surface area contributed by atoms with E-state index in [1.54, 1.807) is 29.8 Å². The third kappa shape index (κ3) is 3.99. The van der Waals surface area contributed by atoms with Gasteiger partial charge in [0.1, 0.15) is 11.4 Å². The van der Waals surface area contributed by atoms with Gasteiger partial charge in [-0.2, -0.15) is 10.2 Å². The van der Waals surface area contributed by atoms with Gasteiger partial charge in [-0.15, -0.1) is 0 Å². The average molecular weight is 432 g/mol. The summed E-state index contributed by atoms with van der Waals surface area (Å²) < 4.78 is 8.75. The van der Waals surface area contributed by atoms with Gasteiger partial charge in [0.2, 0.25) is 0 Å². The highest BCUT2D eigenvalue weighted by molar-refractivity contribution is 5.90. The van der Waals surface area contributed by atoms with Crippen molar-refractivity contribution >= 4 is 11.5 Å². The van der Waals surface area contributed by atoms with E-state index in [0.29, 0.717) is 23.6 Å². The van der Waals surface area contributed by atoms with Crippen LogP contribution in [0.2, 0.25) is 0 Å². The molecule has 0 radical (unpaired) electrons. The highest BCUT2D eigenvalue weighted by Gasteiger charge is 2.21. The molecule has 4 aromatic rings. The molecule has 1 aromatic carbocycles. The van der Waals surface area contributed by atoms with E-state index < -0.39 is 12.1 Å². The number of fused-ring (bicyclic) bond motifs is 1. The smallest absolute Gasteiger partial charge is 0.344 e. The summed E-state index contributed by atoms with van der Waals surface area (Å²) in [5.41, 5.74) is 3.60. The number of carboxylic acid groups (broad SMARTS) is 1. The zero-order valence-electron chi connectivity index (χ0n) is 18.1. The molecule has 0 aliphatic heterocycles. The third-order valence-electron chi connectivity index (χ3n) is 5.14. The van der Waals surface area contributed by atoms with Crippen LogP contribution >= 0.6 is 0 Å². The van der Waals surface area contributed by atoms with E-state index in [0.717, 1.165) is 16.6 Å². The summed E-state index contributed by atoms with van der Waals surface area (Å²) in [6.07, 6.45) is 1.07. The van der Waals surface area contributed by atoms with Gasteiger partial charge in [-0.3, -0.25) is 4.79 Å². The fourth-order valence-corrected chi connectivity index (χ4v) is 3.55. The van der Waals surface area contributed by atoms with Crippen LogP contribution in [0, 0.1) is 0 Å². The Bertz CT molecular complexity index is 1330. The standard InChI is InChI=1S/C24H24N4O4/c1-4-20(24(30)31)32-17-10-12-19-22(18-11-13-21(29)28(25-18)15(2)3)23(26-27(19)14-17)16-8-6-5-7-9-16/h5-15,20H,4H2,1-3H3,(H,30,31). The number of hydrogen-bond donors (Lipinski definition) is 1. The van der Waals surface area contributed by atoms with Gasteiger partial charge in [-0.25, -0.2) is 14.0 Å². The molecule has 0 saturated heterocycles. The number of benzene rings is 1. The molecule has 8 nitrogen and oxygen atoms in total. The van der Waals surface area contributed by atoms with Crippen molar-refractivity contribution in [3.05, 3.63) is 71.1 Å². The molecule has 0 spiro atoms. The molecule has 0 bridgehead atoms. The lowest BCUT2D eigenvalue weighted by atomic mass is 10.0. The molecule has 3 aromatic heterocycles. The first kappa shape index (κ1) is 21.3. The van der Waals surface area contributed by atoms with Crippen molar-refractivity contribution in [2.45, 2.75) is 39.3 Å². The first-order chi connectivity index (χ1) is 15.4. The molecule has 8 heteroatoms. The van der Waals surface area contributed by atoms with Crippen molar-refractivity contribution in [2.75, 3.05) is 0 Å². The normalized spacial score (nSPS) is 12.2. The Labute approximate surface area is 184 Å². The predicted octanol–water partition coefficient (Wildman–Crippen LogP) is 4.05. The first-order valence-corrected chi connectivity index (χ1v) is 10.5. The third-order valence-corrected chi connectivity index (χ3v) is 5.14. The summed E-state index contributed by atoms with van der Waals surface area (Å²) in [7, 11) is 0.